The van der Waals surface area contributed by atoms with Crippen LogP contribution in [0.15, 0.2) is 30.5 Å². The van der Waals surface area contributed by atoms with Crippen LogP contribution < -0.4 is 0 Å². The molecule has 1 unspecified atom stereocenters. The number of aromatic amines is 1. The van der Waals surface area contributed by atoms with Gasteiger partial charge < -0.3 is 9.72 Å². The van der Waals surface area contributed by atoms with Crippen molar-refractivity contribution in [3.05, 3.63) is 41.6 Å². The fourth-order valence-corrected chi connectivity index (χ4v) is 4.38. The van der Waals surface area contributed by atoms with Crippen LogP contribution in [0.2, 0.25) is 0 Å². The molecule has 118 valence electrons. The summed E-state index contributed by atoms with van der Waals surface area (Å²) < 4.78 is 5.03. The molecule has 4 nitrogen and oxygen atoms in total. The van der Waals surface area contributed by atoms with Gasteiger partial charge in [0.15, 0.2) is 0 Å². The minimum Gasteiger partial charge on any atom is -0.469 e. The Hall–Kier alpha value is -2.07. The monoisotopic (exact) mass is 308 g/mol. The average Bonchev–Trinajstić information content (AvgIpc) is 3.35. The van der Waals surface area contributed by atoms with Crippen LogP contribution in [0.3, 0.4) is 0 Å². The number of rotatable bonds is 2. The first kappa shape index (κ1) is 13.4. The molecule has 1 saturated carbocycles. The molecule has 5 rings (SSSR count). The average molecular weight is 308 g/mol. The first-order valence-electron chi connectivity index (χ1n) is 8.41. The number of aromatic nitrogens is 1. The highest BCUT2D eigenvalue weighted by Crippen LogP contribution is 2.44. The van der Waals surface area contributed by atoms with Crippen LogP contribution in [0.1, 0.15) is 24.0 Å². The summed E-state index contributed by atoms with van der Waals surface area (Å²) in [5, 5.41) is 1.33. The van der Waals surface area contributed by atoms with Gasteiger partial charge in [-0.2, -0.15) is 0 Å². The summed E-state index contributed by atoms with van der Waals surface area (Å²) in [5.41, 5.74) is 5.19. The van der Waals surface area contributed by atoms with Gasteiger partial charge in [-0.05, 0) is 42.0 Å². The van der Waals surface area contributed by atoms with Gasteiger partial charge in [0.1, 0.15) is 0 Å². The Morgan fingerprint density at radius 3 is 3.00 bits per heavy atom. The van der Waals surface area contributed by atoms with Crippen LogP contribution in [0, 0.1) is 5.92 Å². The molecule has 1 fully saturated rings. The fraction of sp³-hybridized carbons (Fsp3) is 0.421. The lowest BCUT2D eigenvalue weighted by Gasteiger charge is -2.41. The van der Waals surface area contributed by atoms with Gasteiger partial charge in [0, 0.05) is 35.7 Å². The molecule has 0 saturated heterocycles. The lowest BCUT2D eigenvalue weighted by atomic mass is 9.79. The molecule has 3 aliphatic rings. The van der Waals surface area contributed by atoms with Gasteiger partial charge in [-0.15, -0.1) is 0 Å². The van der Waals surface area contributed by atoms with Gasteiger partial charge >= 0.3 is 5.97 Å². The Kier molecular flexibility index (Phi) is 2.74. The van der Waals surface area contributed by atoms with E-state index < -0.39 is 0 Å². The van der Waals surface area contributed by atoms with Crippen LogP contribution in [0.25, 0.3) is 16.5 Å². The molecule has 0 radical (unpaired) electrons. The Bertz CT molecular complexity index is 831. The second kappa shape index (κ2) is 4.71. The topological polar surface area (TPSA) is 45.3 Å². The zero-order valence-corrected chi connectivity index (χ0v) is 13.2. The minimum atomic E-state index is -0.150. The summed E-state index contributed by atoms with van der Waals surface area (Å²) in [6.45, 7) is 0.793. The van der Waals surface area contributed by atoms with Crippen molar-refractivity contribution in [3.8, 4) is 0 Å². The molecule has 1 N–H and O–H groups in total. The highest BCUT2D eigenvalue weighted by Gasteiger charge is 2.43. The summed E-state index contributed by atoms with van der Waals surface area (Å²) >= 11 is 0. The zero-order chi connectivity index (χ0) is 15.6. The molecular formula is C19H20N2O2. The number of benzene rings is 1. The molecule has 0 amide bonds. The number of carbonyl (C=O) groups is 1. The first-order valence-corrected chi connectivity index (χ1v) is 8.41. The van der Waals surface area contributed by atoms with Crippen LogP contribution in [0.4, 0.5) is 0 Å². The highest BCUT2D eigenvalue weighted by molar-refractivity contribution is 5.99. The molecule has 0 bridgehead atoms. The molecule has 23 heavy (non-hydrogen) atoms. The van der Waals surface area contributed by atoms with E-state index in [1.807, 2.05) is 0 Å². The molecular weight excluding hydrogens is 288 g/mol. The van der Waals surface area contributed by atoms with E-state index in [4.69, 9.17) is 4.74 Å². The molecule has 2 aliphatic carbocycles. The largest absolute Gasteiger partial charge is 0.469 e. The molecule has 1 aromatic carbocycles. The van der Waals surface area contributed by atoms with E-state index in [0.717, 1.165) is 13.0 Å². The lowest BCUT2D eigenvalue weighted by Crippen LogP contribution is -2.47. The van der Waals surface area contributed by atoms with Crippen molar-refractivity contribution < 1.29 is 9.53 Å². The van der Waals surface area contributed by atoms with Crippen LogP contribution in [0.5, 0.6) is 0 Å². The predicted octanol–water partition coefficient (Wildman–Crippen LogP) is 2.74. The third-order valence-electron chi connectivity index (χ3n) is 5.58. The van der Waals surface area contributed by atoms with Crippen molar-refractivity contribution >= 4 is 22.4 Å². The normalized spacial score (nSPS) is 26.7. The Balaban J connectivity index is 1.69. The van der Waals surface area contributed by atoms with Crippen molar-refractivity contribution in [3.63, 3.8) is 0 Å². The van der Waals surface area contributed by atoms with E-state index >= 15 is 0 Å². The van der Waals surface area contributed by atoms with Crippen molar-refractivity contribution in [2.75, 3.05) is 13.7 Å². The van der Waals surface area contributed by atoms with Gasteiger partial charge in [0.2, 0.25) is 0 Å². The third-order valence-corrected chi connectivity index (χ3v) is 5.58. The maximum atomic E-state index is 12.2. The van der Waals surface area contributed by atoms with E-state index in [9.17, 15) is 4.79 Å². The standard InChI is InChI=1S/C19H20N2O2/c1-23-19(22)12-7-15-14-3-2-4-16-18(14)11(9-20-16)8-17(15)21(10-12)13-5-6-13/h2-4,7,9,12-13,17,20H,5-6,8,10H2,1H3/t12?,17-/m1/s1. The van der Waals surface area contributed by atoms with Crippen molar-refractivity contribution in [1.82, 2.24) is 9.88 Å². The number of esters is 1. The molecule has 2 atom stereocenters. The number of nitrogens with one attached hydrogen (secondary N) is 1. The van der Waals surface area contributed by atoms with Crippen molar-refractivity contribution in [2.24, 2.45) is 5.92 Å². The van der Waals surface area contributed by atoms with Crippen LogP contribution in [-0.2, 0) is 16.0 Å². The quantitative estimate of drug-likeness (QED) is 0.868. The van der Waals surface area contributed by atoms with Crippen molar-refractivity contribution in [2.45, 2.75) is 31.3 Å². The fourth-order valence-electron chi connectivity index (χ4n) is 4.38. The molecule has 1 aromatic heterocycles. The van der Waals surface area contributed by atoms with Gasteiger partial charge in [-0.3, -0.25) is 9.69 Å². The van der Waals surface area contributed by atoms with E-state index in [0.29, 0.717) is 12.1 Å². The predicted molar refractivity (Wildman–Crippen MR) is 89.0 cm³/mol. The smallest absolute Gasteiger partial charge is 0.313 e. The number of hydrogen-bond donors (Lipinski definition) is 1. The summed E-state index contributed by atoms with van der Waals surface area (Å²) in [7, 11) is 1.49. The van der Waals surface area contributed by atoms with E-state index in [1.54, 1.807) is 0 Å². The third kappa shape index (κ3) is 1.91. The lowest BCUT2D eigenvalue weighted by molar-refractivity contribution is -0.144. The summed E-state index contributed by atoms with van der Waals surface area (Å²) in [4.78, 5) is 18.1. The van der Waals surface area contributed by atoms with E-state index in [1.165, 1.54) is 47.6 Å². The number of fused-ring (bicyclic) bond motifs is 2. The molecule has 4 heteroatoms. The number of hydrogen-bond acceptors (Lipinski definition) is 3. The van der Waals surface area contributed by atoms with Gasteiger partial charge in [0.25, 0.3) is 0 Å². The molecule has 1 aliphatic heterocycles. The van der Waals surface area contributed by atoms with Crippen LogP contribution >= 0.6 is 0 Å². The molecule has 2 aromatic rings. The summed E-state index contributed by atoms with van der Waals surface area (Å²) in [6.07, 6.45) is 7.86. The summed E-state index contributed by atoms with van der Waals surface area (Å²) in [5.74, 6) is -0.267. The number of carbonyl (C=O) groups excluding carboxylic acids is 1. The molecule has 2 heterocycles. The maximum absolute atomic E-state index is 12.2. The van der Waals surface area contributed by atoms with Gasteiger partial charge in [0.05, 0.1) is 13.0 Å². The Labute approximate surface area is 135 Å². The Morgan fingerprint density at radius 2 is 2.22 bits per heavy atom. The number of ether oxygens (including phenoxy) is 1. The zero-order valence-electron chi connectivity index (χ0n) is 13.2. The second-order valence-electron chi connectivity index (χ2n) is 6.94. The number of methoxy groups -OCH3 is 1. The van der Waals surface area contributed by atoms with Gasteiger partial charge in [-0.1, -0.05) is 18.2 Å². The second-order valence-corrected chi connectivity index (χ2v) is 6.94. The number of nitrogens with zero attached hydrogens (tertiary/aromatic N) is 1. The molecule has 0 spiro atoms. The van der Waals surface area contributed by atoms with Crippen LogP contribution in [-0.4, -0.2) is 41.6 Å². The van der Waals surface area contributed by atoms with Gasteiger partial charge in [-0.25, -0.2) is 0 Å². The van der Waals surface area contributed by atoms with E-state index in [2.05, 4.69) is 40.4 Å². The first-order chi connectivity index (χ1) is 11.3. The van der Waals surface area contributed by atoms with E-state index in [-0.39, 0.29) is 11.9 Å². The summed E-state index contributed by atoms with van der Waals surface area (Å²) in [6, 6.07) is 7.46. The SMILES string of the molecule is COC(=O)C1C=C2c3cccc4[nH]cc(c34)C[C@H]2N(C2CC2)C1. The maximum Gasteiger partial charge on any atom is 0.313 e. The minimum absolute atomic E-state index is 0.117. The van der Waals surface area contributed by atoms with Crippen molar-refractivity contribution in [1.29, 1.82) is 0 Å². The number of H-pyrrole nitrogens is 1. The Morgan fingerprint density at radius 1 is 1.35 bits per heavy atom. The highest BCUT2D eigenvalue weighted by atomic mass is 16.5.